The van der Waals surface area contributed by atoms with E-state index >= 15 is 0 Å². The van der Waals surface area contributed by atoms with Crippen molar-refractivity contribution in [2.45, 2.75) is 12.8 Å². The average molecular weight is 452 g/mol. The molecule has 0 fully saturated rings. The summed E-state index contributed by atoms with van der Waals surface area (Å²) in [5.74, 6) is 0.313. The van der Waals surface area contributed by atoms with E-state index in [1.807, 2.05) is 34.2 Å². The first-order valence-corrected chi connectivity index (χ1v) is 10.6. The molecule has 9 heteroatoms. The maximum Gasteiger partial charge on any atom is 0.307 e. The van der Waals surface area contributed by atoms with E-state index in [2.05, 4.69) is 10.3 Å². The molecule has 4 aromatic rings. The molecule has 164 valence electrons. The Morgan fingerprint density at radius 3 is 2.56 bits per heavy atom. The van der Waals surface area contributed by atoms with Crippen molar-refractivity contribution in [2.24, 2.45) is 0 Å². The Kier molecular flexibility index (Phi) is 6.09. The van der Waals surface area contributed by atoms with E-state index in [1.54, 1.807) is 38.5 Å². The number of carboxylic acid groups (broad SMARTS) is 1. The van der Waals surface area contributed by atoms with Gasteiger partial charge in [-0.25, -0.2) is 4.98 Å². The fourth-order valence-corrected chi connectivity index (χ4v) is 4.22. The number of hydrogen-bond donors (Lipinski definition) is 2. The van der Waals surface area contributed by atoms with E-state index in [1.165, 1.54) is 11.3 Å². The number of nitrogens with zero attached hydrogens (tertiary/aromatic N) is 2. The summed E-state index contributed by atoms with van der Waals surface area (Å²) in [6, 6.07) is 12.3. The van der Waals surface area contributed by atoms with Crippen LogP contribution in [0.1, 0.15) is 11.3 Å². The van der Waals surface area contributed by atoms with E-state index in [9.17, 15) is 9.59 Å². The topological polar surface area (TPSA) is 102 Å². The number of thiazole rings is 1. The predicted octanol–water partition coefficient (Wildman–Crippen LogP) is 3.89. The van der Waals surface area contributed by atoms with Crippen LogP contribution in [-0.4, -0.2) is 40.6 Å². The van der Waals surface area contributed by atoms with Crippen LogP contribution in [0.25, 0.3) is 16.2 Å². The maximum atomic E-state index is 12.6. The summed E-state index contributed by atoms with van der Waals surface area (Å²) in [5, 5.41) is 13.6. The summed E-state index contributed by atoms with van der Waals surface area (Å²) in [4.78, 5) is 28.8. The molecule has 2 N–H and O–H groups in total. The number of carbonyl (C=O) groups is 2. The van der Waals surface area contributed by atoms with Crippen molar-refractivity contribution in [3.05, 3.63) is 65.3 Å². The highest BCUT2D eigenvalue weighted by atomic mass is 32.1. The Bertz CT molecular complexity index is 1280. The van der Waals surface area contributed by atoms with Crippen molar-refractivity contribution in [2.75, 3.05) is 19.5 Å². The number of imidazole rings is 1. The van der Waals surface area contributed by atoms with Crippen molar-refractivity contribution >= 4 is 33.9 Å². The summed E-state index contributed by atoms with van der Waals surface area (Å²) in [5.41, 5.74) is 3.63. The van der Waals surface area contributed by atoms with Crippen LogP contribution >= 0.6 is 11.3 Å². The van der Waals surface area contributed by atoms with Crippen LogP contribution < -0.4 is 14.8 Å². The second kappa shape index (κ2) is 9.11. The Hall–Kier alpha value is -3.85. The van der Waals surface area contributed by atoms with Gasteiger partial charge in [0.25, 0.3) is 0 Å². The highest BCUT2D eigenvalue weighted by Gasteiger charge is 2.16. The van der Waals surface area contributed by atoms with Crippen molar-refractivity contribution in [1.29, 1.82) is 0 Å². The predicted molar refractivity (Wildman–Crippen MR) is 122 cm³/mol. The fraction of sp³-hybridized carbons (Fsp3) is 0.174. The maximum absolute atomic E-state index is 12.6. The lowest BCUT2D eigenvalue weighted by Gasteiger charge is -2.08. The average Bonchev–Trinajstić information content (AvgIpc) is 3.36. The minimum Gasteiger partial charge on any atom is -0.497 e. The lowest BCUT2D eigenvalue weighted by atomic mass is 10.1. The van der Waals surface area contributed by atoms with Crippen LogP contribution in [0.4, 0.5) is 5.69 Å². The highest BCUT2D eigenvalue weighted by Crippen LogP contribution is 2.34. The van der Waals surface area contributed by atoms with Gasteiger partial charge < -0.3 is 19.9 Å². The zero-order valence-electron chi connectivity index (χ0n) is 17.5. The molecule has 2 aromatic carbocycles. The van der Waals surface area contributed by atoms with Crippen LogP contribution in [0.2, 0.25) is 0 Å². The molecule has 0 aliphatic rings. The quantitative estimate of drug-likeness (QED) is 0.421. The van der Waals surface area contributed by atoms with Gasteiger partial charge in [0.2, 0.25) is 5.91 Å². The van der Waals surface area contributed by atoms with Crippen LogP contribution in [-0.2, 0) is 22.4 Å². The number of carbonyl (C=O) groups excluding carboxylic acids is 1. The number of carboxylic acids is 1. The first-order chi connectivity index (χ1) is 15.5. The molecule has 2 heterocycles. The Morgan fingerprint density at radius 1 is 1.09 bits per heavy atom. The molecule has 0 spiro atoms. The smallest absolute Gasteiger partial charge is 0.307 e. The fourth-order valence-electron chi connectivity index (χ4n) is 3.35. The molecule has 32 heavy (non-hydrogen) atoms. The number of methoxy groups -OCH3 is 2. The van der Waals surface area contributed by atoms with Gasteiger partial charge in [-0.2, -0.15) is 0 Å². The molecule has 0 saturated carbocycles. The summed E-state index contributed by atoms with van der Waals surface area (Å²) in [6.07, 6.45) is 2.00. The highest BCUT2D eigenvalue weighted by molar-refractivity contribution is 7.15. The SMILES string of the molecule is COc1ccc(OC)c(-c2cn3c(CC(=O)Nc4ccc(CC(=O)O)cc4)csc3n2)c1. The van der Waals surface area contributed by atoms with Crippen molar-refractivity contribution in [3.8, 4) is 22.8 Å². The summed E-state index contributed by atoms with van der Waals surface area (Å²) >= 11 is 1.45. The first kappa shape index (κ1) is 21.4. The monoisotopic (exact) mass is 451 g/mol. The summed E-state index contributed by atoms with van der Waals surface area (Å²) < 4.78 is 12.7. The molecule has 0 bridgehead atoms. The summed E-state index contributed by atoms with van der Waals surface area (Å²) in [7, 11) is 3.21. The lowest BCUT2D eigenvalue weighted by Crippen LogP contribution is -2.15. The van der Waals surface area contributed by atoms with Crippen LogP contribution in [0, 0.1) is 0 Å². The molecular formula is C23H21N3O5S. The number of rotatable bonds is 8. The van der Waals surface area contributed by atoms with E-state index in [0.717, 1.165) is 21.9 Å². The van der Waals surface area contributed by atoms with Gasteiger partial charge in [-0.05, 0) is 35.9 Å². The molecule has 1 amide bonds. The van der Waals surface area contributed by atoms with E-state index < -0.39 is 5.97 Å². The molecule has 0 atom stereocenters. The Balaban J connectivity index is 1.52. The normalized spacial score (nSPS) is 10.8. The minimum absolute atomic E-state index is 0.0534. The van der Waals surface area contributed by atoms with Gasteiger partial charge in [-0.1, -0.05) is 12.1 Å². The van der Waals surface area contributed by atoms with Crippen molar-refractivity contribution < 1.29 is 24.2 Å². The number of aromatic nitrogens is 2. The Morgan fingerprint density at radius 2 is 1.88 bits per heavy atom. The van der Waals surface area contributed by atoms with E-state index in [4.69, 9.17) is 14.6 Å². The van der Waals surface area contributed by atoms with Gasteiger partial charge in [0.05, 0.1) is 32.8 Å². The molecular weight excluding hydrogens is 430 g/mol. The lowest BCUT2D eigenvalue weighted by molar-refractivity contribution is -0.136. The molecule has 0 aliphatic heterocycles. The van der Waals surface area contributed by atoms with Gasteiger partial charge in [-0.3, -0.25) is 14.0 Å². The van der Waals surface area contributed by atoms with Crippen molar-refractivity contribution in [3.63, 3.8) is 0 Å². The standard InChI is InChI=1S/C23H21N3O5S/c1-30-17-7-8-20(31-2)18(11-17)19-12-26-16(13-32-23(26)25-19)10-21(27)24-15-5-3-14(4-6-15)9-22(28)29/h3-8,11-13H,9-10H2,1-2H3,(H,24,27)(H,28,29). The number of ether oxygens (including phenoxy) is 2. The number of aliphatic carboxylic acids is 1. The first-order valence-electron chi connectivity index (χ1n) is 9.75. The number of benzene rings is 2. The second-order valence-electron chi connectivity index (χ2n) is 7.06. The van der Waals surface area contributed by atoms with Gasteiger partial charge >= 0.3 is 5.97 Å². The van der Waals surface area contributed by atoms with Gasteiger partial charge in [0.15, 0.2) is 4.96 Å². The summed E-state index contributed by atoms with van der Waals surface area (Å²) in [6.45, 7) is 0. The third-order valence-corrected chi connectivity index (χ3v) is 5.79. The Labute approximate surface area is 188 Å². The molecule has 8 nitrogen and oxygen atoms in total. The van der Waals surface area contributed by atoms with Crippen LogP contribution in [0.3, 0.4) is 0 Å². The number of fused-ring (bicyclic) bond motifs is 1. The molecule has 2 aromatic heterocycles. The molecule has 0 saturated heterocycles. The number of hydrogen-bond acceptors (Lipinski definition) is 6. The number of anilines is 1. The van der Waals surface area contributed by atoms with Crippen LogP contribution in [0.5, 0.6) is 11.5 Å². The third kappa shape index (κ3) is 4.57. The molecule has 0 radical (unpaired) electrons. The zero-order chi connectivity index (χ0) is 22.7. The third-order valence-electron chi connectivity index (χ3n) is 4.90. The minimum atomic E-state index is -0.894. The molecule has 4 rings (SSSR count). The van der Waals surface area contributed by atoms with Gasteiger partial charge in [0, 0.05) is 28.5 Å². The zero-order valence-corrected chi connectivity index (χ0v) is 18.3. The van der Waals surface area contributed by atoms with E-state index in [0.29, 0.717) is 22.7 Å². The number of amides is 1. The molecule has 0 aliphatic carbocycles. The van der Waals surface area contributed by atoms with Gasteiger partial charge in [0.1, 0.15) is 11.5 Å². The van der Waals surface area contributed by atoms with Gasteiger partial charge in [-0.15, -0.1) is 11.3 Å². The van der Waals surface area contributed by atoms with Crippen molar-refractivity contribution in [1.82, 2.24) is 9.38 Å². The number of nitrogens with one attached hydrogen (secondary N) is 1. The van der Waals surface area contributed by atoms with E-state index in [-0.39, 0.29) is 18.7 Å². The van der Waals surface area contributed by atoms with Crippen LogP contribution in [0.15, 0.2) is 54.0 Å². The second-order valence-corrected chi connectivity index (χ2v) is 7.90. The molecule has 0 unspecified atom stereocenters. The largest absolute Gasteiger partial charge is 0.497 e.